The third kappa shape index (κ3) is 5.45. The molecule has 0 bridgehead atoms. The summed E-state index contributed by atoms with van der Waals surface area (Å²) < 4.78 is 33.4. The number of alkyl halides is 6. The van der Waals surface area contributed by atoms with Gasteiger partial charge in [0.15, 0.2) is 0 Å². The third-order valence-corrected chi connectivity index (χ3v) is 1.31. The molecular formula is C4H4Cl3F3. The van der Waals surface area contributed by atoms with Crippen LogP contribution < -0.4 is 0 Å². The van der Waals surface area contributed by atoms with E-state index in [-0.39, 0.29) is 0 Å². The first-order chi connectivity index (χ1) is 4.27. The van der Waals surface area contributed by atoms with Gasteiger partial charge < -0.3 is 0 Å². The predicted octanol–water partition coefficient (Wildman–Crippen LogP) is 3.35. The molecular weight excluding hydrogens is 211 g/mol. The maximum atomic E-state index is 12.1. The Morgan fingerprint density at radius 2 is 1.50 bits per heavy atom. The Labute approximate surface area is 71.2 Å². The summed E-state index contributed by atoms with van der Waals surface area (Å²) in [5.41, 5.74) is 0. The first kappa shape index (κ1) is 10.7. The van der Waals surface area contributed by atoms with Crippen LogP contribution in [0, 0.1) is 0 Å². The molecule has 0 atom stereocenters. The summed E-state index contributed by atoms with van der Waals surface area (Å²) in [5.74, 6) is -4.34. The van der Waals surface area contributed by atoms with Gasteiger partial charge in [0.1, 0.15) is 0 Å². The molecule has 0 rings (SSSR count). The highest BCUT2D eigenvalue weighted by Gasteiger charge is 2.39. The van der Waals surface area contributed by atoms with Crippen molar-refractivity contribution >= 4 is 34.8 Å². The molecule has 6 heteroatoms. The van der Waals surface area contributed by atoms with Crippen LogP contribution in [-0.4, -0.2) is 16.4 Å². The molecule has 0 aromatic heterocycles. The molecule has 0 aromatic carbocycles. The smallest absolute Gasteiger partial charge is 0.208 e. The van der Waals surface area contributed by atoms with E-state index in [9.17, 15) is 13.2 Å². The van der Waals surface area contributed by atoms with E-state index in [0.717, 1.165) is 0 Å². The lowest BCUT2D eigenvalue weighted by atomic mass is 10.3. The predicted molar refractivity (Wildman–Crippen MR) is 35.8 cm³/mol. The van der Waals surface area contributed by atoms with Crippen molar-refractivity contribution in [2.24, 2.45) is 0 Å². The minimum absolute atomic E-state index is 0.988. The van der Waals surface area contributed by atoms with Crippen molar-refractivity contribution in [3.63, 3.8) is 0 Å². The SMILES string of the molecule is FC(Cl)(Cl)CC(F)(F)CCl. The fourth-order valence-corrected chi connectivity index (χ4v) is 0.826. The Morgan fingerprint density at radius 1 is 1.10 bits per heavy atom. The number of halogens is 6. The second-order valence-electron chi connectivity index (χ2n) is 1.78. The van der Waals surface area contributed by atoms with E-state index in [1.807, 2.05) is 0 Å². The van der Waals surface area contributed by atoms with Crippen LogP contribution in [0.25, 0.3) is 0 Å². The van der Waals surface area contributed by atoms with Crippen LogP contribution in [0.15, 0.2) is 0 Å². The van der Waals surface area contributed by atoms with Gasteiger partial charge in [-0.3, -0.25) is 0 Å². The summed E-state index contributed by atoms with van der Waals surface area (Å²) in [7, 11) is 0. The Morgan fingerprint density at radius 3 is 1.60 bits per heavy atom. The second-order valence-corrected chi connectivity index (χ2v) is 3.44. The summed E-state index contributed by atoms with van der Waals surface area (Å²) in [6.07, 6.45) is -1.29. The van der Waals surface area contributed by atoms with Gasteiger partial charge in [0.05, 0.1) is 12.3 Å². The van der Waals surface area contributed by atoms with Crippen LogP contribution in [0.1, 0.15) is 6.42 Å². The van der Waals surface area contributed by atoms with Gasteiger partial charge in [-0.05, 0) is 0 Å². The number of hydrogen-bond acceptors (Lipinski definition) is 0. The van der Waals surface area contributed by atoms with E-state index in [1.165, 1.54) is 0 Å². The maximum Gasteiger partial charge on any atom is 0.266 e. The molecule has 0 radical (unpaired) electrons. The largest absolute Gasteiger partial charge is 0.266 e. The van der Waals surface area contributed by atoms with Gasteiger partial charge in [-0.15, -0.1) is 11.6 Å². The van der Waals surface area contributed by atoms with Crippen LogP contribution in [0.4, 0.5) is 13.2 Å². The first-order valence-corrected chi connectivity index (χ1v) is 3.56. The van der Waals surface area contributed by atoms with E-state index in [2.05, 4.69) is 23.2 Å². The highest BCUT2D eigenvalue weighted by Crippen LogP contribution is 2.35. The van der Waals surface area contributed by atoms with E-state index in [0.29, 0.717) is 0 Å². The monoisotopic (exact) mass is 214 g/mol. The maximum absolute atomic E-state index is 12.1. The van der Waals surface area contributed by atoms with Gasteiger partial charge in [-0.1, -0.05) is 23.2 Å². The van der Waals surface area contributed by atoms with E-state index < -0.39 is 22.8 Å². The number of rotatable bonds is 3. The van der Waals surface area contributed by atoms with Crippen molar-refractivity contribution in [2.45, 2.75) is 16.9 Å². The van der Waals surface area contributed by atoms with E-state index in [1.54, 1.807) is 0 Å². The van der Waals surface area contributed by atoms with Crippen molar-refractivity contribution in [3.05, 3.63) is 0 Å². The highest BCUT2D eigenvalue weighted by atomic mass is 35.5. The zero-order chi connectivity index (χ0) is 8.41. The van der Waals surface area contributed by atoms with Crippen molar-refractivity contribution in [1.29, 1.82) is 0 Å². The van der Waals surface area contributed by atoms with Gasteiger partial charge >= 0.3 is 0 Å². The van der Waals surface area contributed by atoms with E-state index in [4.69, 9.17) is 11.6 Å². The molecule has 0 aliphatic heterocycles. The van der Waals surface area contributed by atoms with Crippen LogP contribution >= 0.6 is 34.8 Å². The normalized spacial score (nSPS) is 13.8. The van der Waals surface area contributed by atoms with Gasteiger partial charge in [-0.25, -0.2) is 13.2 Å². The lowest BCUT2D eigenvalue weighted by molar-refractivity contribution is -0.000494. The quantitative estimate of drug-likeness (QED) is 0.633. The van der Waals surface area contributed by atoms with Crippen molar-refractivity contribution in [3.8, 4) is 0 Å². The van der Waals surface area contributed by atoms with Crippen LogP contribution in [0.2, 0.25) is 0 Å². The van der Waals surface area contributed by atoms with Gasteiger partial charge in [-0.2, -0.15) is 0 Å². The Hall–Kier alpha value is 0.660. The van der Waals surface area contributed by atoms with Crippen molar-refractivity contribution < 1.29 is 13.2 Å². The molecule has 0 aromatic rings. The fraction of sp³-hybridized carbons (Fsp3) is 1.00. The lowest BCUT2D eigenvalue weighted by Crippen LogP contribution is -2.25. The summed E-state index contributed by atoms with van der Waals surface area (Å²) in [6.45, 7) is 0. The molecule has 0 N–H and O–H groups in total. The van der Waals surface area contributed by atoms with Crippen LogP contribution in [-0.2, 0) is 0 Å². The molecule has 0 aliphatic carbocycles. The molecule has 0 saturated heterocycles. The third-order valence-electron chi connectivity index (χ3n) is 0.655. The van der Waals surface area contributed by atoms with Gasteiger partial charge in [0, 0.05) is 0 Å². The Kier molecular flexibility index (Phi) is 3.59. The standard InChI is InChI=1S/C4H4Cl3F3/c5-2-3(8,9)1-4(6,7)10/h1-2H2. The van der Waals surface area contributed by atoms with Crippen molar-refractivity contribution in [1.82, 2.24) is 0 Å². The molecule has 0 fully saturated rings. The van der Waals surface area contributed by atoms with Crippen LogP contribution in [0.3, 0.4) is 0 Å². The Bertz CT molecular complexity index is 109. The van der Waals surface area contributed by atoms with Crippen molar-refractivity contribution in [2.75, 3.05) is 5.88 Å². The highest BCUT2D eigenvalue weighted by molar-refractivity contribution is 6.47. The Balaban J connectivity index is 3.89. The zero-order valence-electron chi connectivity index (χ0n) is 4.68. The molecule has 0 aliphatic rings. The molecule has 10 heavy (non-hydrogen) atoms. The zero-order valence-corrected chi connectivity index (χ0v) is 6.95. The molecule has 0 saturated carbocycles. The van der Waals surface area contributed by atoms with E-state index >= 15 is 0 Å². The minimum atomic E-state index is -3.35. The lowest BCUT2D eigenvalue weighted by Gasteiger charge is -2.16. The minimum Gasteiger partial charge on any atom is -0.208 e. The average Bonchev–Trinajstić information content (AvgIpc) is 1.60. The molecule has 62 valence electrons. The molecule has 0 unspecified atom stereocenters. The molecule has 0 nitrogen and oxygen atoms in total. The molecule has 0 heterocycles. The van der Waals surface area contributed by atoms with Crippen LogP contribution in [0.5, 0.6) is 0 Å². The summed E-state index contributed by atoms with van der Waals surface area (Å²) >= 11 is 14.1. The number of hydrogen-bond donors (Lipinski definition) is 0. The first-order valence-electron chi connectivity index (χ1n) is 2.27. The topological polar surface area (TPSA) is 0 Å². The summed E-state index contributed by atoms with van der Waals surface area (Å²) in [4.78, 5) is 0. The van der Waals surface area contributed by atoms with Gasteiger partial charge in [0.25, 0.3) is 10.5 Å². The fourth-order valence-electron chi connectivity index (χ4n) is 0.341. The summed E-state index contributed by atoms with van der Waals surface area (Å²) in [5, 5.41) is 0. The second kappa shape index (κ2) is 3.37. The molecule has 0 amide bonds. The molecule has 0 spiro atoms. The van der Waals surface area contributed by atoms with Gasteiger partial charge in [0.2, 0.25) is 0 Å². The average molecular weight is 215 g/mol. The summed E-state index contributed by atoms with van der Waals surface area (Å²) in [6, 6.07) is 0.